The van der Waals surface area contributed by atoms with Crippen molar-refractivity contribution in [2.75, 3.05) is 43.4 Å². The van der Waals surface area contributed by atoms with Crippen LogP contribution < -0.4 is 15.8 Å². The molecule has 10 nitrogen and oxygen atoms in total. The summed E-state index contributed by atoms with van der Waals surface area (Å²) in [6.07, 6.45) is 7.16. The Morgan fingerprint density at radius 2 is 1.79 bits per heavy atom. The Labute approximate surface area is 250 Å². The maximum absolute atomic E-state index is 13.5. The quantitative estimate of drug-likeness (QED) is 0.333. The number of hydrogen-bond donors (Lipinski definition) is 2. The van der Waals surface area contributed by atoms with Crippen LogP contribution in [0.15, 0.2) is 60.0 Å². The van der Waals surface area contributed by atoms with Crippen LogP contribution in [0, 0.1) is 17.3 Å². The SMILES string of the molecule is C=CCn1c(=O)c2cnc(Nc3ccc(N4C[C@H]5CN(C)C[C@H]5C4)cc3)nc2n1-c1ccc2c(n1)[C@](C)(O)C1(CC2)CC1. The predicted molar refractivity (Wildman–Crippen MR) is 167 cm³/mol. The van der Waals surface area contributed by atoms with Crippen LogP contribution in [0.4, 0.5) is 17.3 Å². The molecule has 2 saturated heterocycles. The predicted octanol–water partition coefficient (Wildman–Crippen LogP) is 3.84. The molecule has 10 heteroatoms. The van der Waals surface area contributed by atoms with Crippen LogP contribution in [0.3, 0.4) is 0 Å². The summed E-state index contributed by atoms with van der Waals surface area (Å²) in [5.74, 6) is 2.44. The fourth-order valence-electron chi connectivity index (χ4n) is 7.91. The number of fused-ring (bicyclic) bond motifs is 3. The van der Waals surface area contributed by atoms with Gasteiger partial charge in [0.15, 0.2) is 11.5 Å². The molecule has 0 radical (unpaired) electrons. The van der Waals surface area contributed by atoms with Gasteiger partial charge in [0.1, 0.15) is 11.0 Å². The first-order valence-electron chi connectivity index (χ1n) is 15.4. The van der Waals surface area contributed by atoms with Gasteiger partial charge in [-0.25, -0.2) is 19.3 Å². The van der Waals surface area contributed by atoms with Crippen LogP contribution >= 0.6 is 0 Å². The number of aromatic nitrogens is 5. The molecule has 43 heavy (non-hydrogen) atoms. The standard InChI is InChI=1S/C33H38N8O2/c1-4-15-40-30(42)26-16-34-31(35-24-6-8-25(9-7-24)39-19-22-17-38(3)18-23(22)20-39)37-29(26)41(40)27-10-5-21-11-12-33(13-14-33)32(2,43)28(21)36-27/h4-10,16,22-23,43H,1,11-15,17-20H2,2-3H3,(H,34,35,37)/t22-,23+,32-/m0/s1. The molecule has 5 heterocycles. The Hall–Kier alpha value is -4.02. The van der Waals surface area contributed by atoms with Gasteiger partial charge in [-0.3, -0.25) is 4.79 Å². The number of nitrogens with zero attached hydrogens (tertiary/aromatic N) is 7. The van der Waals surface area contributed by atoms with Crippen molar-refractivity contribution in [3.05, 3.63) is 76.9 Å². The molecule has 3 fully saturated rings. The lowest BCUT2D eigenvalue weighted by molar-refractivity contribution is -0.0371. The minimum Gasteiger partial charge on any atom is -0.383 e. The van der Waals surface area contributed by atoms with E-state index in [0.29, 0.717) is 28.5 Å². The maximum atomic E-state index is 13.5. The van der Waals surface area contributed by atoms with Gasteiger partial charge < -0.3 is 20.2 Å². The number of hydrogen-bond acceptors (Lipinski definition) is 8. The summed E-state index contributed by atoms with van der Waals surface area (Å²) in [6.45, 7) is 10.6. The van der Waals surface area contributed by atoms with E-state index in [4.69, 9.17) is 9.97 Å². The van der Waals surface area contributed by atoms with Crippen molar-refractivity contribution in [1.82, 2.24) is 29.2 Å². The van der Waals surface area contributed by atoms with Gasteiger partial charge in [-0.1, -0.05) is 12.1 Å². The van der Waals surface area contributed by atoms with E-state index in [1.165, 1.54) is 18.8 Å². The van der Waals surface area contributed by atoms with Gasteiger partial charge in [-0.2, -0.15) is 4.98 Å². The summed E-state index contributed by atoms with van der Waals surface area (Å²) in [4.78, 5) is 32.7. The highest BCUT2D eigenvalue weighted by Crippen LogP contribution is 2.63. The number of anilines is 3. The van der Waals surface area contributed by atoms with Gasteiger partial charge in [0.25, 0.3) is 5.56 Å². The van der Waals surface area contributed by atoms with Crippen molar-refractivity contribution in [1.29, 1.82) is 0 Å². The number of pyridine rings is 1. The molecule has 2 aliphatic carbocycles. The maximum Gasteiger partial charge on any atom is 0.278 e. The number of nitrogens with one attached hydrogen (secondary N) is 1. The van der Waals surface area contributed by atoms with Gasteiger partial charge in [0.05, 0.1) is 12.2 Å². The molecule has 1 aromatic carbocycles. The first kappa shape index (κ1) is 26.6. The van der Waals surface area contributed by atoms with Crippen LogP contribution in [-0.2, 0) is 18.6 Å². The van der Waals surface area contributed by atoms with E-state index in [1.54, 1.807) is 21.6 Å². The third kappa shape index (κ3) is 4.14. The van der Waals surface area contributed by atoms with Crippen LogP contribution in [0.25, 0.3) is 16.9 Å². The van der Waals surface area contributed by atoms with Gasteiger partial charge in [0, 0.05) is 49.2 Å². The lowest BCUT2D eigenvalue weighted by atomic mass is 9.72. The molecule has 0 unspecified atom stereocenters. The van der Waals surface area contributed by atoms with E-state index in [0.717, 1.165) is 61.9 Å². The summed E-state index contributed by atoms with van der Waals surface area (Å²) in [6, 6.07) is 12.4. The highest BCUT2D eigenvalue weighted by Gasteiger charge is 2.59. The van der Waals surface area contributed by atoms with Crippen LogP contribution in [0.1, 0.15) is 37.4 Å². The molecular formula is C33H38N8O2. The minimum absolute atomic E-state index is 0.0929. The monoisotopic (exact) mass is 578 g/mol. The average molecular weight is 579 g/mol. The molecule has 2 aliphatic heterocycles. The van der Waals surface area contributed by atoms with Crippen molar-refractivity contribution < 1.29 is 5.11 Å². The third-order valence-electron chi connectivity index (χ3n) is 10.5. The van der Waals surface area contributed by atoms with E-state index < -0.39 is 5.60 Å². The second-order valence-corrected chi connectivity index (χ2v) is 13.3. The molecule has 1 saturated carbocycles. The van der Waals surface area contributed by atoms with Crippen LogP contribution in [0.2, 0.25) is 0 Å². The number of likely N-dealkylation sites (tertiary alicyclic amines) is 1. The Morgan fingerprint density at radius 1 is 1.05 bits per heavy atom. The van der Waals surface area contributed by atoms with Crippen LogP contribution in [-0.4, -0.2) is 67.5 Å². The zero-order chi connectivity index (χ0) is 29.5. The minimum atomic E-state index is -1.01. The molecule has 3 aromatic heterocycles. The molecule has 222 valence electrons. The smallest absolute Gasteiger partial charge is 0.278 e. The Kier molecular flexibility index (Phi) is 5.87. The normalized spacial score (nSPS) is 25.7. The highest BCUT2D eigenvalue weighted by atomic mass is 16.3. The first-order chi connectivity index (χ1) is 20.8. The van der Waals surface area contributed by atoms with Gasteiger partial charge in [-0.15, -0.1) is 6.58 Å². The van der Waals surface area contributed by atoms with Crippen molar-refractivity contribution in [3.63, 3.8) is 0 Å². The van der Waals surface area contributed by atoms with E-state index in [9.17, 15) is 9.90 Å². The lowest BCUT2D eigenvalue weighted by Gasteiger charge is -2.38. The number of aryl methyl sites for hydroxylation is 1. The Morgan fingerprint density at radius 3 is 2.49 bits per heavy atom. The van der Waals surface area contributed by atoms with Gasteiger partial charge >= 0.3 is 0 Å². The fourth-order valence-corrected chi connectivity index (χ4v) is 7.91. The Balaban J connectivity index is 1.12. The summed E-state index contributed by atoms with van der Waals surface area (Å²) in [5, 5.41) is 15.4. The molecule has 1 spiro atoms. The highest BCUT2D eigenvalue weighted by molar-refractivity contribution is 5.77. The molecule has 8 rings (SSSR count). The topological polar surface area (TPSA) is 104 Å². The summed E-state index contributed by atoms with van der Waals surface area (Å²) >= 11 is 0. The second-order valence-electron chi connectivity index (χ2n) is 13.3. The molecule has 4 aromatic rings. The summed E-state index contributed by atoms with van der Waals surface area (Å²) < 4.78 is 3.31. The molecule has 3 atom stereocenters. The summed E-state index contributed by atoms with van der Waals surface area (Å²) in [7, 11) is 2.22. The number of allylic oxidation sites excluding steroid dienone is 1. The van der Waals surface area contributed by atoms with Crippen molar-refractivity contribution in [2.24, 2.45) is 17.3 Å². The number of aliphatic hydroxyl groups is 1. The van der Waals surface area contributed by atoms with Gasteiger partial charge in [-0.05, 0) is 87.4 Å². The lowest BCUT2D eigenvalue weighted by Crippen LogP contribution is -2.39. The fraction of sp³-hybridized carbons (Fsp3) is 0.455. The van der Waals surface area contributed by atoms with Crippen molar-refractivity contribution >= 4 is 28.4 Å². The average Bonchev–Trinajstić information content (AvgIpc) is 3.47. The first-order valence-corrected chi connectivity index (χ1v) is 15.4. The second kappa shape index (κ2) is 9.49. The molecule has 0 bridgehead atoms. The van der Waals surface area contributed by atoms with Crippen molar-refractivity contribution in [2.45, 2.75) is 44.8 Å². The van der Waals surface area contributed by atoms with E-state index in [2.05, 4.69) is 58.0 Å². The van der Waals surface area contributed by atoms with E-state index in [-0.39, 0.29) is 17.5 Å². The molecule has 2 N–H and O–H groups in total. The summed E-state index contributed by atoms with van der Waals surface area (Å²) in [5.41, 5.74) is 3.01. The van der Waals surface area contributed by atoms with Gasteiger partial charge in [0.2, 0.25) is 5.95 Å². The van der Waals surface area contributed by atoms with E-state index in [1.807, 2.05) is 19.1 Å². The third-order valence-corrected chi connectivity index (χ3v) is 10.5. The Bertz CT molecular complexity index is 1790. The molecule has 4 aliphatic rings. The largest absolute Gasteiger partial charge is 0.383 e. The van der Waals surface area contributed by atoms with E-state index >= 15 is 0 Å². The van der Waals surface area contributed by atoms with Crippen molar-refractivity contribution in [3.8, 4) is 5.82 Å². The number of benzene rings is 1. The number of rotatable bonds is 6. The zero-order valence-corrected chi connectivity index (χ0v) is 24.8. The van der Waals surface area contributed by atoms with Crippen LogP contribution in [0.5, 0.6) is 0 Å². The molecule has 0 amide bonds. The molecular weight excluding hydrogens is 540 g/mol. The zero-order valence-electron chi connectivity index (χ0n) is 24.8.